The van der Waals surface area contributed by atoms with Crippen LogP contribution in [0.3, 0.4) is 0 Å². The molecule has 0 atom stereocenters. The van der Waals surface area contributed by atoms with E-state index in [-0.39, 0.29) is 5.82 Å². The average Bonchev–Trinajstić information content (AvgIpc) is 2.47. The maximum atomic E-state index is 13.1. The second-order valence-electron chi connectivity index (χ2n) is 3.49. The van der Waals surface area contributed by atoms with Crippen molar-refractivity contribution in [3.63, 3.8) is 0 Å². The van der Waals surface area contributed by atoms with Gasteiger partial charge in [-0.1, -0.05) is 19.9 Å². The maximum Gasteiger partial charge on any atom is 0.169 e. The Morgan fingerprint density at radius 1 is 1.31 bits per heavy atom. The van der Waals surface area contributed by atoms with Gasteiger partial charge in [0, 0.05) is 0 Å². The van der Waals surface area contributed by atoms with Gasteiger partial charge in [-0.25, -0.2) is 4.39 Å². The van der Waals surface area contributed by atoms with Crippen LogP contribution in [-0.4, -0.2) is 0 Å². The molecule has 0 fully saturated rings. The van der Waals surface area contributed by atoms with E-state index < -0.39 is 0 Å². The topological polar surface area (TPSA) is 13.1 Å². The van der Waals surface area contributed by atoms with Crippen molar-refractivity contribution in [3.05, 3.63) is 35.8 Å². The fraction of sp³-hybridized carbons (Fsp3) is 0.273. The average molecular weight is 178 g/mol. The van der Waals surface area contributed by atoms with E-state index >= 15 is 0 Å². The zero-order valence-electron chi connectivity index (χ0n) is 7.67. The lowest BCUT2D eigenvalue weighted by Crippen LogP contribution is -1.85. The minimum Gasteiger partial charge on any atom is -0.461 e. The first-order valence-corrected chi connectivity index (χ1v) is 4.35. The Morgan fingerprint density at radius 2 is 2.08 bits per heavy atom. The molecule has 0 aliphatic rings. The van der Waals surface area contributed by atoms with Gasteiger partial charge < -0.3 is 4.42 Å². The summed E-state index contributed by atoms with van der Waals surface area (Å²) < 4.78 is 18.1. The summed E-state index contributed by atoms with van der Waals surface area (Å²) in [7, 11) is 0. The molecule has 0 saturated heterocycles. The molecule has 13 heavy (non-hydrogen) atoms. The van der Waals surface area contributed by atoms with Gasteiger partial charge in [-0.3, -0.25) is 0 Å². The van der Waals surface area contributed by atoms with Crippen LogP contribution < -0.4 is 0 Å². The second-order valence-corrected chi connectivity index (χ2v) is 3.49. The lowest BCUT2D eigenvalue weighted by Gasteiger charge is -2.03. The molecule has 0 aliphatic heterocycles. The summed E-state index contributed by atoms with van der Waals surface area (Å²) in [5.74, 6) is 0.135. The molecular weight excluding hydrogens is 167 g/mol. The van der Waals surface area contributed by atoms with Gasteiger partial charge in [-0.2, -0.15) is 0 Å². The number of benzene rings is 1. The van der Waals surface area contributed by atoms with E-state index in [9.17, 15) is 4.39 Å². The first-order chi connectivity index (χ1) is 6.18. The van der Waals surface area contributed by atoms with Gasteiger partial charge in [0.2, 0.25) is 0 Å². The highest BCUT2D eigenvalue weighted by molar-refractivity contribution is 5.78. The van der Waals surface area contributed by atoms with E-state index in [2.05, 4.69) is 13.8 Å². The minimum atomic E-state index is -0.280. The Balaban J connectivity index is 2.66. The van der Waals surface area contributed by atoms with Crippen molar-refractivity contribution in [2.24, 2.45) is 0 Å². The molecule has 1 aromatic heterocycles. The molecule has 1 nitrogen and oxygen atoms in total. The molecule has 2 aromatic rings. The van der Waals surface area contributed by atoms with Gasteiger partial charge in [0.1, 0.15) is 11.8 Å². The van der Waals surface area contributed by atoms with Crippen LogP contribution in [-0.2, 0) is 0 Å². The van der Waals surface area contributed by atoms with Crippen molar-refractivity contribution in [1.29, 1.82) is 0 Å². The standard InChI is InChI=1S/C11H11FO/c1-7(2)8-3-4-11-9(5-8)10(12)6-13-11/h3-7H,1-2H3. The molecule has 1 heterocycles. The van der Waals surface area contributed by atoms with Crippen molar-refractivity contribution in [2.75, 3.05) is 0 Å². The summed E-state index contributed by atoms with van der Waals surface area (Å²) in [6.07, 6.45) is 1.15. The molecule has 0 radical (unpaired) electrons. The second kappa shape index (κ2) is 2.87. The van der Waals surface area contributed by atoms with E-state index in [0.717, 1.165) is 11.8 Å². The molecule has 1 aromatic carbocycles. The third kappa shape index (κ3) is 1.32. The van der Waals surface area contributed by atoms with Gasteiger partial charge in [-0.05, 0) is 23.6 Å². The number of hydrogen-bond donors (Lipinski definition) is 0. The molecule has 0 spiro atoms. The van der Waals surface area contributed by atoms with Crippen molar-refractivity contribution in [2.45, 2.75) is 19.8 Å². The molecule has 68 valence electrons. The Bertz CT molecular complexity index is 429. The SMILES string of the molecule is CC(C)c1ccc2occ(F)c2c1. The van der Waals surface area contributed by atoms with E-state index in [0.29, 0.717) is 16.9 Å². The summed E-state index contributed by atoms with van der Waals surface area (Å²) in [5, 5.41) is 0.575. The van der Waals surface area contributed by atoms with Crippen LogP contribution in [0, 0.1) is 5.82 Å². The van der Waals surface area contributed by atoms with Crippen molar-refractivity contribution in [1.82, 2.24) is 0 Å². The van der Waals surface area contributed by atoms with Gasteiger partial charge in [0.25, 0.3) is 0 Å². The maximum absolute atomic E-state index is 13.1. The fourth-order valence-corrected chi connectivity index (χ4v) is 1.37. The van der Waals surface area contributed by atoms with Crippen molar-refractivity contribution >= 4 is 11.0 Å². The van der Waals surface area contributed by atoms with E-state index in [4.69, 9.17) is 4.42 Å². The fourth-order valence-electron chi connectivity index (χ4n) is 1.37. The zero-order chi connectivity index (χ0) is 9.42. The number of furan rings is 1. The van der Waals surface area contributed by atoms with Crippen LogP contribution in [0.15, 0.2) is 28.9 Å². The highest BCUT2D eigenvalue weighted by atomic mass is 19.1. The summed E-state index contributed by atoms with van der Waals surface area (Å²) in [6, 6.07) is 5.63. The molecular formula is C11H11FO. The van der Waals surface area contributed by atoms with E-state index in [1.807, 2.05) is 18.2 Å². The number of fused-ring (bicyclic) bond motifs is 1. The van der Waals surface area contributed by atoms with Crippen LogP contribution in [0.5, 0.6) is 0 Å². The van der Waals surface area contributed by atoms with E-state index in [1.54, 1.807) is 0 Å². The van der Waals surface area contributed by atoms with Gasteiger partial charge >= 0.3 is 0 Å². The summed E-state index contributed by atoms with van der Waals surface area (Å²) in [6.45, 7) is 4.16. The van der Waals surface area contributed by atoms with Crippen LogP contribution in [0.4, 0.5) is 4.39 Å². The predicted octanol–water partition coefficient (Wildman–Crippen LogP) is 3.70. The Kier molecular flexibility index (Phi) is 1.83. The minimum absolute atomic E-state index is 0.280. The molecule has 0 bridgehead atoms. The lowest BCUT2D eigenvalue weighted by atomic mass is 10.0. The van der Waals surface area contributed by atoms with E-state index in [1.165, 1.54) is 0 Å². The monoisotopic (exact) mass is 178 g/mol. The van der Waals surface area contributed by atoms with Crippen LogP contribution >= 0.6 is 0 Å². The number of hydrogen-bond acceptors (Lipinski definition) is 1. The van der Waals surface area contributed by atoms with Crippen LogP contribution in [0.2, 0.25) is 0 Å². The largest absolute Gasteiger partial charge is 0.461 e. The summed E-state index contributed by atoms with van der Waals surface area (Å²) in [4.78, 5) is 0. The molecule has 0 unspecified atom stereocenters. The molecule has 2 rings (SSSR count). The van der Waals surface area contributed by atoms with Gasteiger partial charge in [-0.15, -0.1) is 0 Å². The Morgan fingerprint density at radius 3 is 2.77 bits per heavy atom. The molecule has 0 amide bonds. The quantitative estimate of drug-likeness (QED) is 0.649. The first-order valence-electron chi connectivity index (χ1n) is 4.35. The predicted molar refractivity (Wildman–Crippen MR) is 50.3 cm³/mol. The summed E-state index contributed by atoms with van der Waals surface area (Å²) in [5.41, 5.74) is 1.75. The van der Waals surface area contributed by atoms with Crippen molar-refractivity contribution in [3.8, 4) is 0 Å². The lowest BCUT2D eigenvalue weighted by molar-refractivity contribution is 0.558. The highest BCUT2D eigenvalue weighted by Crippen LogP contribution is 2.24. The van der Waals surface area contributed by atoms with Crippen LogP contribution in [0.25, 0.3) is 11.0 Å². The number of halogens is 1. The summed E-state index contributed by atoms with van der Waals surface area (Å²) >= 11 is 0. The molecule has 0 saturated carbocycles. The van der Waals surface area contributed by atoms with Gasteiger partial charge in [0.15, 0.2) is 5.82 Å². The normalized spacial score (nSPS) is 11.4. The zero-order valence-corrected chi connectivity index (χ0v) is 7.67. The smallest absolute Gasteiger partial charge is 0.169 e. The van der Waals surface area contributed by atoms with Gasteiger partial charge in [0.05, 0.1) is 5.39 Å². The third-order valence-electron chi connectivity index (χ3n) is 2.22. The Hall–Kier alpha value is -1.31. The third-order valence-corrected chi connectivity index (χ3v) is 2.22. The first kappa shape index (κ1) is 8.30. The van der Waals surface area contributed by atoms with Crippen LogP contribution in [0.1, 0.15) is 25.3 Å². The molecule has 0 N–H and O–H groups in total. The highest BCUT2D eigenvalue weighted by Gasteiger charge is 2.07. The Labute approximate surface area is 76.2 Å². The van der Waals surface area contributed by atoms with Crippen molar-refractivity contribution < 1.29 is 8.81 Å². The molecule has 2 heteroatoms. The number of rotatable bonds is 1. The molecule has 0 aliphatic carbocycles.